The molecule has 0 atom stereocenters. The van der Waals surface area contributed by atoms with Gasteiger partial charge in [-0.2, -0.15) is 0 Å². The molecule has 0 unspecified atom stereocenters. The predicted molar refractivity (Wildman–Crippen MR) is 103 cm³/mol. The number of rotatable bonds is 6. The third kappa shape index (κ3) is 5.41. The summed E-state index contributed by atoms with van der Waals surface area (Å²) in [7, 11) is 1.89. The Morgan fingerprint density at radius 1 is 1.16 bits per heavy atom. The summed E-state index contributed by atoms with van der Waals surface area (Å²) >= 11 is 1.29. The maximum absolute atomic E-state index is 12.2. The summed E-state index contributed by atoms with van der Waals surface area (Å²) in [4.78, 5) is 25.4. The summed E-state index contributed by atoms with van der Waals surface area (Å²) in [6, 6.07) is 10.1. The van der Waals surface area contributed by atoms with E-state index < -0.39 is 5.91 Å². The lowest BCUT2D eigenvalue weighted by molar-refractivity contribution is -0.117. The molecule has 25 heavy (non-hydrogen) atoms. The van der Waals surface area contributed by atoms with Gasteiger partial charge < -0.3 is 11.1 Å². The number of likely N-dealkylation sites (N-methyl/N-ethyl adjacent to an activating group) is 1. The van der Waals surface area contributed by atoms with Gasteiger partial charge in [0.25, 0.3) is 5.91 Å². The highest BCUT2D eigenvalue weighted by Crippen LogP contribution is 2.23. The van der Waals surface area contributed by atoms with Crippen LogP contribution in [0, 0.1) is 0 Å². The van der Waals surface area contributed by atoms with E-state index in [2.05, 4.69) is 50.4 Å². The molecule has 0 aliphatic heterocycles. The smallest absolute Gasteiger partial charge is 0.251 e. The number of hydrogen-bond acceptors (Lipinski definition) is 4. The molecule has 134 valence electrons. The van der Waals surface area contributed by atoms with Gasteiger partial charge in [-0.1, -0.05) is 45.0 Å². The summed E-state index contributed by atoms with van der Waals surface area (Å²) in [5.41, 5.74) is 8.20. The number of nitrogens with two attached hydrogens (primary N) is 1. The number of hydrogen-bond donors (Lipinski definition) is 2. The van der Waals surface area contributed by atoms with E-state index in [9.17, 15) is 9.59 Å². The average Bonchev–Trinajstić information content (AvgIpc) is 2.94. The SMILES string of the molecule is CN(CC(=O)Nc1sccc1C(N)=O)Cc1ccc(C(C)(C)C)cc1. The standard InChI is InChI=1S/C19H25N3O2S/c1-19(2,3)14-7-5-13(6-8-14)11-22(4)12-16(23)21-18-15(17(20)24)9-10-25-18/h5-10H,11-12H2,1-4H3,(H2,20,24)(H,21,23). The number of primary amides is 1. The van der Waals surface area contributed by atoms with Gasteiger partial charge in [0.2, 0.25) is 5.91 Å². The van der Waals surface area contributed by atoms with Crippen LogP contribution in [-0.4, -0.2) is 30.3 Å². The first kappa shape index (κ1) is 19.1. The Bertz CT molecular complexity index is 745. The number of anilines is 1. The van der Waals surface area contributed by atoms with Gasteiger partial charge in [-0.05, 0) is 35.0 Å². The van der Waals surface area contributed by atoms with E-state index in [0.29, 0.717) is 17.1 Å². The molecule has 0 saturated carbocycles. The van der Waals surface area contributed by atoms with E-state index >= 15 is 0 Å². The molecule has 2 amide bonds. The maximum Gasteiger partial charge on any atom is 0.251 e. The number of carbonyl (C=O) groups excluding carboxylic acids is 2. The van der Waals surface area contributed by atoms with Crippen LogP contribution >= 0.6 is 11.3 Å². The number of amides is 2. The molecule has 0 saturated heterocycles. The zero-order chi connectivity index (χ0) is 18.6. The van der Waals surface area contributed by atoms with E-state index in [1.54, 1.807) is 11.4 Å². The Morgan fingerprint density at radius 2 is 1.80 bits per heavy atom. The zero-order valence-corrected chi connectivity index (χ0v) is 15.9. The minimum Gasteiger partial charge on any atom is -0.366 e. The van der Waals surface area contributed by atoms with E-state index in [0.717, 1.165) is 5.56 Å². The van der Waals surface area contributed by atoms with Crippen LogP contribution in [0.1, 0.15) is 42.3 Å². The Hall–Kier alpha value is -2.18. The summed E-state index contributed by atoms with van der Waals surface area (Å²) in [6.07, 6.45) is 0. The maximum atomic E-state index is 12.2. The van der Waals surface area contributed by atoms with Crippen LogP contribution in [0.15, 0.2) is 35.7 Å². The fourth-order valence-electron chi connectivity index (χ4n) is 2.49. The number of carbonyl (C=O) groups is 2. The molecule has 5 nitrogen and oxygen atoms in total. The number of benzene rings is 1. The molecule has 2 rings (SSSR count). The van der Waals surface area contributed by atoms with Crippen molar-refractivity contribution in [3.8, 4) is 0 Å². The van der Waals surface area contributed by atoms with Crippen LogP contribution < -0.4 is 11.1 Å². The highest BCUT2D eigenvalue weighted by Gasteiger charge is 2.15. The van der Waals surface area contributed by atoms with Gasteiger partial charge in [-0.3, -0.25) is 14.5 Å². The normalized spacial score (nSPS) is 11.6. The van der Waals surface area contributed by atoms with Crippen molar-refractivity contribution in [3.63, 3.8) is 0 Å². The fourth-order valence-corrected chi connectivity index (χ4v) is 3.30. The minimum atomic E-state index is -0.538. The third-order valence-corrected chi connectivity index (χ3v) is 4.70. The lowest BCUT2D eigenvalue weighted by Gasteiger charge is -2.20. The van der Waals surface area contributed by atoms with Crippen molar-refractivity contribution in [2.24, 2.45) is 5.73 Å². The summed E-state index contributed by atoms with van der Waals surface area (Å²) in [5.74, 6) is -0.706. The van der Waals surface area contributed by atoms with Gasteiger partial charge >= 0.3 is 0 Å². The van der Waals surface area contributed by atoms with Crippen LogP contribution in [0.4, 0.5) is 5.00 Å². The van der Waals surface area contributed by atoms with Gasteiger partial charge in [0.1, 0.15) is 5.00 Å². The molecule has 1 aromatic carbocycles. The van der Waals surface area contributed by atoms with Crippen LogP contribution in [0.5, 0.6) is 0 Å². The first-order chi connectivity index (χ1) is 11.7. The molecule has 0 fully saturated rings. The molecule has 0 bridgehead atoms. The van der Waals surface area contributed by atoms with Crippen molar-refractivity contribution in [1.29, 1.82) is 0 Å². The van der Waals surface area contributed by atoms with Crippen molar-refractivity contribution in [2.45, 2.75) is 32.7 Å². The van der Waals surface area contributed by atoms with Crippen LogP contribution in [0.3, 0.4) is 0 Å². The molecule has 6 heteroatoms. The molecule has 2 aromatic rings. The van der Waals surface area contributed by atoms with Gasteiger partial charge in [-0.25, -0.2) is 0 Å². The van der Waals surface area contributed by atoms with E-state index in [-0.39, 0.29) is 17.9 Å². The zero-order valence-electron chi connectivity index (χ0n) is 15.1. The Kier molecular flexibility index (Phi) is 5.98. The molecule has 0 spiro atoms. The second-order valence-electron chi connectivity index (χ2n) is 7.20. The number of nitrogens with one attached hydrogen (secondary N) is 1. The van der Waals surface area contributed by atoms with Crippen molar-refractivity contribution in [2.75, 3.05) is 18.9 Å². The van der Waals surface area contributed by atoms with Gasteiger partial charge in [0, 0.05) is 6.54 Å². The Morgan fingerprint density at radius 3 is 2.36 bits per heavy atom. The van der Waals surface area contributed by atoms with Crippen LogP contribution in [0.2, 0.25) is 0 Å². The summed E-state index contributed by atoms with van der Waals surface area (Å²) in [5, 5.41) is 4.99. The Labute approximate surface area is 152 Å². The first-order valence-electron chi connectivity index (χ1n) is 8.12. The minimum absolute atomic E-state index is 0.128. The number of thiophene rings is 1. The monoisotopic (exact) mass is 359 g/mol. The second-order valence-corrected chi connectivity index (χ2v) is 8.11. The lowest BCUT2D eigenvalue weighted by atomic mass is 9.87. The van der Waals surface area contributed by atoms with Crippen molar-refractivity contribution >= 4 is 28.2 Å². The first-order valence-corrected chi connectivity index (χ1v) is 9.00. The molecule has 0 radical (unpaired) electrons. The van der Waals surface area contributed by atoms with E-state index in [4.69, 9.17) is 5.73 Å². The average molecular weight is 359 g/mol. The quantitative estimate of drug-likeness (QED) is 0.831. The largest absolute Gasteiger partial charge is 0.366 e. The molecule has 1 aromatic heterocycles. The highest BCUT2D eigenvalue weighted by molar-refractivity contribution is 7.14. The van der Waals surface area contributed by atoms with Gasteiger partial charge in [-0.15, -0.1) is 11.3 Å². The van der Waals surface area contributed by atoms with Crippen molar-refractivity contribution in [1.82, 2.24) is 4.90 Å². The van der Waals surface area contributed by atoms with E-state index in [1.165, 1.54) is 16.9 Å². The predicted octanol–water partition coefficient (Wildman–Crippen LogP) is 3.22. The fraction of sp³-hybridized carbons (Fsp3) is 0.368. The molecular formula is C19H25N3O2S. The van der Waals surface area contributed by atoms with Gasteiger partial charge in [0.05, 0.1) is 12.1 Å². The van der Waals surface area contributed by atoms with Crippen LogP contribution in [0.25, 0.3) is 0 Å². The van der Waals surface area contributed by atoms with Crippen molar-refractivity contribution in [3.05, 3.63) is 52.4 Å². The molecule has 0 aliphatic carbocycles. The molecular weight excluding hydrogens is 334 g/mol. The summed E-state index contributed by atoms with van der Waals surface area (Å²) in [6.45, 7) is 7.46. The summed E-state index contributed by atoms with van der Waals surface area (Å²) < 4.78 is 0. The molecule has 3 N–H and O–H groups in total. The Balaban J connectivity index is 1.91. The van der Waals surface area contributed by atoms with E-state index in [1.807, 2.05) is 11.9 Å². The van der Waals surface area contributed by atoms with Gasteiger partial charge in [0.15, 0.2) is 0 Å². The number of nitrogens with zero attached hydrogens (tertiary/aromatic N) is 1. The second kappa shape index (κ2) is 7.80. The molecule has 0 aliphatic rings. The lowest BCUT2D eigenvalue weighted by Crippen LogP contribution is -2.30. The van der Waals surface area contributed by atoms with Crippen LogP contribution in [-0.2, 0) is 16.8 Å². The topological polar surface area (TPSA) is 75.4 Å². The molecule has 1 heterocycles. The highest BCUT2D eigenvalue weighted by atomic mass is 32.1. The van der Waals surface area contributed by atoms with Crippen molar-refractivity contribution < 1.29 is 9.59 Å². The third-order valence-electron chi connectivity index (χ3n) is 3.87.